The predicted octanol–water partition coefficient (Wildman–Crippen LogP) is 3.24. The molecule has 0 spiro atoms. The van der Waals surface area contributed by atoms with Gasteiger partial charge in [0.15, 0.2) is 0 Å². The molecular formula is C20H23N3O2. The topological polar surface area (TPSA) is 48.3 Å². The minimum absolute atomic E-state index is 0.729. The van der Waals surface area contributed by atoms with Crippen molar-refractivity contribution in [2.75, 3.05) is 14.2 Å². The second kappa shape index (κ2) is 8.35. The van der Waals surface area contributed by atoms with Crippen LogP contribution < -0.4 is 14.8 Å². The predicted molar refractivity (Wildman–Crippen MR) is 97.9 cm³/mol. The number of methoxy groups -OCH3 is 2. The van der Waals surface area contributed by atoms with Crippen molar-refractivity contribution in [3.05, 3.63) is 77.9 Å². The highest BCUT2D eigenvalue weighted by Crippen LogP contribution is 2.24. The van der Waals surface area contributed by atoms with E-state index in [-0.39, 0.29) is 0 Å². The number of rotatable bonds is 8. The van der Waals surface area contributed by atoms with Gasteiger partial charge >= 0.3 is 0 Å². The molecule has 0 aliphatic heterocycles. The smallest absolute Gasteiger partial charge is 0.127 e. The van der Waals surface area contributed by atoms with Crippen LogP contribution >= 0.6 is 0 Å². The first kappa shape index (κ1) is 17.0. The molecule has 2 aromatic carbocycles. The second-order valence-corrected chi connectivity index (χ2v) is 5.79. The molecule has 3 rings (SSSR count). The highest BCUT2D eigenvalue weighted by molar-refractivity contribution is 5.40. The Hall–Kier alpha value is -2.79. The fourth-order valence-corrected chi connectivity index (χ4v) is 2.79. The zero-order chi connectivity index (χ0) is 17.5. The van der Waals surface area contributed by atoms with Gasteiger partial charge in [0.1, 0.15) is 11.5 Å². The lowest BCUT2D eigenvalue weighted by Gasteiger charge is -2.13. The Balaban J connectivity index is 1.64. The quantitative estimate of drug-likeness (QED) is 0.685. The Bertz CT molecular complexity index is 800. The maximum Gasteiger partial charge on any atom is 0.127 e. The molecule has 1 N–H and O–H groups in total. The van der Waals surface area contributed by atoms with Crippen molar-refractivity contribution in [1.82, 2.24) is 14.9 Å². The molecule has 1 aromatic heterocycles. The summed E-state index contributed by atoms with van der Waals surface area (Å²) in [5.41, 5.74) is 3.67. The van der Waals surface area contributed by atoms with E-state index >= 15 is 0 Å². The molecule has 0 aliphatic carbocycles. The van der Waals surface area contributed by atoms with Gasteiger partial charge in [0.2, 0.25) is 0 Å². The van der Waals surface area contributed by atoms with Crippen LogP contribution in [0.2, 0.25) is 0 Å². The number of hydrogen-bond donors (Lipinski definition) is 1. The third-order valence-corrected chi connectivity index (χ3v) is 4.16. The lowest BCUT2D eigenvalue weighted by molar-refractivity contribution is 0.390. The van der Waals surface area contributed by atoms with E-state index in [9.17, 15) is 0 Å². The van der Waals surface area contributed by atoms with Gasteiger partial charge < -0.3 is 19.4 Å². The minimum atomic E-state index is 0.729. The van der Waals surface area contributed by atoms with Crippen molar-refractivity contribution in [2.24, 2.45) is 0 Å². The first-order valence-electron chi connectivity index (χ1n) is 8.24. The Morgan fingerprint density at radius 2 is 1.76 bits per heavy atom. The van der Waals surface area contributed by atoms with Crippen LogP contribution in [0, 0.1) is 0 Å². The van der Waals surface area contributed by atoms with E-state index < -0.39 is 0 Å². The second-order valence-electron chi connectivity index (χ2n) is 5.79. The molecule has 5 heteroatoms. The molecule has 0 unspecified atom stereocenters. The van der Waals surface area contributed by atoms with Crippen LogP contribution in [0.25, 0.3) is 0 Å². The summed E-state index contributed by atoms with van der Waals surface area (Å²) in [4.78, 5) is 4.11. The van der Waals surface area contributed by atoms with Gasteiger partial charge in [0.25, 0.3) is 0 Å². The molecule has 25 heavy (non-hydrogen) atoms. The molecular weight excluding hydrogens is 314 g/mol. The van der Waals surface area contributed by atoms with E-state index in [1.54, 1.807) is 20.4 Å². The lowest BCUT2D eigenvalue weighted by atomic mass is 10.1. The molecule has 3 aromatic rings. The van der Waals surface area contributed by atoms with E-state index in [2.05, 4.69) is 39.1 Å². The fourth-order valence-electron chi connectivity index (χ4n) is 2.79. The van der Waals surface area contributed by atoms with E-state index in [0.717, 1.165) is 36.7 Å². The van der Waals surface area contributed by atoms with Crippen LogP contribution in [0.4, 0.5) is 0 Å². The molecule has 0 saturated heterocycles. The van der Waals surface area contributed by atoms with E-state index in [4.69, 9.17) is 9.47 Å². The largest absolute Gasteiger partial charge is 0.497 e. The third-order valence-electron chi connectivity index (χ3n) is 4.16. The Morgan fingerprint density at radius 1 is 0.960 bits per heavy atom. The van der Waals surface area contributed by atoms with Gasteiger partial charge in [-0.3, -0.25) is 0 Å². The van der Waals surface area contributed by atoms with Gasteiger partial charge in [-0.05, 0) is 17.2 Å². The van der Waals surface area contributed by atoms with Gasteiger partial charge in [0, 0.05) is 43.7 Å². The lowest BCUT2D eigenvalue weighted by Crippen LogP contribution is -2.15. The summed E-state index contributed by atoms with van der Waals surface area (Å²) >= 11 is 0. The number of ether oxygens (including phenoxy) is 2. The molecule has 0 bridgehead atoms. The monoisotopic (exact) mass is 337 g/mol. The van der Waals surface area contributed by atoms with E-state index in [1.165, 1.54) is 11.1 Å². The SMILES string of the molecule is COc1ccc(CNCc2ccccc2Cn2ccnc2)c(OC)c1. The highest BCUT2D eigenvalue weighted by Gasteiger charge is 2.06. The fraction of sp³-hybridized carbons (Fsp3) is 0.250. The Kier molecular flexibility index (Phi) is 5.69. The number of imidazole rings is 1. The van der Waals surface area contributed by atoms with Crippen molar-refractivity contribution in [3.8, 4) is 11.5 Å². The van der Waals surface area contributed by atoms with Crippen molar-refractivity contribution in [3.63, 3.8) is 0 Å². The number of nitrogens with zero attached hydrogens (tertiary/aromatic N) is 2. The minimum Gasteiger partial charge on any atom is -0.497 e. The van der Waals surface area contributed by atoms with Crippen molar-refractivity contribution in [2.45, 2.75) is 19.6 Å². The first-order chi connectivity index (χ1) is 12.3. The Morgan fingerprint density at radius 3 is 2.48 bits per heavy atom. The summed E-state index contributed by atoms with van der Waals surface area (Å²) in [5, 5.41) is 3.50. The first-order valence-corrected chi connectivity index (χ1v) is 8.24. The maximum absolute atomic E-state index is 5.45. The van der Waals surface area contributed by atoms with Crippen molar-refractivity contribution >= 4 is 0 Å². The molecule has 0 atom stereocenters. The summed E-state index contributed by atoms with van der Waals surface area (Å²) in [6, 6.07) is 14.3. The number of nitrogens with one attached hydrogen (secondary N) is 1. The van der Waals surface area contributed by atoms with Crippen LogP contribution in [0.15, 0.2) is 61.2 Å². The molecule has 130 valence electrons. The van der Waals surface area contributed by atoms with Gasteiger partial charge in [0.05, 0.1) is 20.5 Å². The Labute approximate surface area is 148 Å². The molecule has 0 aliphatic rings. The molecule has 0 fully saturated rings. The van der Waals surface area contributed by atoms with Gasteiger partial charge in [-0.15, -0.1) is 0 Å². The third kappa shape index (κ3) is 4.39. The average Bonchev–Trinajstić information content (AvgIpc) is 3.16. The molecule has 5 nitrogen and oxygen atoms in total. The van der Waals surface area contributed by atoms with Crippen molar-refractivity contribution in [1.29, 1.82) is 0 Å². The van der Waals surface area contributed by atoms with Crippen LogP contribution in [0.5, 0.6) is 11.5 Å². The summed E-state index contributed by atoms with van der Waals surface area (Å²) in [6.45, 7) is 2.34. The van der Waals surface area contributed by atoms with Gasteiger partial charge in [-0.2, -0.15) is 0 Å². The maximum atomic E-state index is 5.45. The zero-order valence-corrected chi connectivity index (χ0v) is 14.6. The van der Waals surface area contributed by atoms with Crippen LogP contribution in [0.1, 0.15) is 16.7 Å². The molecule has 0 radical (unpaired) electrons. The molecule has 0 saturated carbocycles. The van der Waals surface area contributed by atoms with Crippen LogP contribution in [0.3, 0.4) is 0 Å². The normalized spacial score (nSPS) is 10.6. The summed E-state index contributed by atoms with van der Waals surface area (Å²) in [5.74, 6) is 1.63. The average molecular weight is 337 g/mol. The standard InChI is InChI=1S/C20H23N3O2/c1-24-19-8-7-17(20(11-19)25-2)13-22-12-16-5-3-4-6-18(16)14-23-10-9-21-15-23/h3-11,15,22H,12-14H2,1-2H3. The van der Waals surface area contributed by atoms with Crippen molar-refractivity contribution < 1.29 is 9.47 Å². The van der Waals surface area contributed by atoms with Gasteiger partial charge in [-0.25, -0.2) is 4.98 Å². The number of benzene rings is 2. The van der Waals surface area contributed by atoms with E-state index in [0.29, 0.717) is 0 Å². The summed E-state index contributed by atoms with van der Waals surface area (Å²) < 4.78 is 12.8. The van der Waals surface area contributed by atoms with E-state index in [1.807, 2.05) is 30.7 Å². The van der Waals surface area contributed by atoms with Gasteiger partial charge in [-0.1, -0.05) is 30.3 Å². The molecule has 1 heterocycles. The summed E-state index contributed by atoms with van der Waals surface area (Å²) in [7, 11) is 3.34. The summed E-state index contributed by atoms with van der Waals surface area (Å²) in [6.07, 6.45) is 5.62. The highest BCUT2D eigenvalue weighted by atomic mass is 16.5. The number of hydrogen-bond acceptors (Lipinski definition) is 4. The molecule has 0 amide bonds. The zero-order valence-electron chi connectivity index (χ0n) is 14.6. The van der Waals surface area contributed by atoms with Crippen LogP contribution in [-0.2, 0) is 19.6 Å². The number of aromatic nitrogens is 2. The van der Waals surface area contributed by atoms with Crippen LogP contribution in [-0.4, -0.2) is 23.8 Å².